The van der Waals surface area contributed by atoms with Crippen molar-refractivity contribution in [2.24, 2.45) is 14.1 Å². The van der Waals surface area contributed by atoms with Gasteiger partial charge in [0.05, 0.1) is 0 Å². The Morgan fingerprint density at radius 3 is 2.29 bits per heavy atom. The van der Waals surface area contributed by atoms with Gasteiger partial charge in [0.2, 0.25) is 0 Å². The van der Waals surface area contributed by atoms with Crippen LogP contribution in [0.1, 0.15) is 5.69 Å². The van der Waals surface area contributed by atoms with Crippen molar-refractivity contribution in [3.63, 3.8) is 0 Å². The molecule has 0 saturated carbocycles. The van der Waals surface area contributed by atoms with Crippen LogP contribution in [0.4, 0.5) is 0 Å². The first-order chi connectivity index (χ1) is 13.6. The molecule has 0 amide bonds. The van der Waals surface area contributed by atoms with Gasteiger partial charge in [0.25, 0.3) is 5.56 Å². The van der Waals surface area contributed by atoms with Gasteiger partial charge in [-0.25, -0.2) is 4.79 Å². The Hall–Kier alpha value is -3.19. The molecule has 2 aromatic carbocycles. The molecule has 0 fully saturated rings. The van der Waals surface area contributed by atoms with Crippen LogP contribution in [-0.2, 0) is 19.8 Å². The van der Waals surface area contributed by atoms with Crippen LogP contribution in [0.5, 0.6) is 0 Å². The second-order valence-electron chi connectivity index (χ2n) is 6.43. The van der Waals surface area contributed by atoms with E-state index in [1.165, 1.54) is 29.4 Å². The minimum absolute atomic E-state index is 0.311. The Bertz CT molecular complexity index is 1280. The third-order valence-electron chi connectivity index (χ3n) is 4.68. The number of nitrogens with zero attached hydrogens (tertiary/aromatic N) is 4. The standard InChI is InChI=1S/C21H18N4O2S/c1-24-15(12-18(26)25(2)21(24)27)13-28-20-17-11-7-6-10-16(17)19(22-23-20)14-8-4-3-5-9-14/h3-12H,13H2,1-2H3. The number of thioether (sulfide) groups is 1. The van der Waals surface area contributed by atoms with E-state index in [-0.39, 0.29) is 11.2 Å². The Labute approximate surface area is 165 Å². The summed E-state index contributed by atoms with van der Waals surface area (Å²) in [5.74, 6) is 0.450. The molecule has 0 unspecified atom stereocenters. The number of benzene rings is 2. The van der Waals surface area contributed by atoms with E-state index in [2.05, 4.69) is 10.2 Å². The molecule has 0 saturated heterocycles. The van der Waals surface area contributed by atoms with Crippen molar-refractivity contribution in [2.45, 2.75) is 10.8 Å². The van der Waals surface area contributed by atoms with Crippen LogP contribution in [0.15, 0.2) is 75.3 Å². The smallest absolute Gasteiger partial charge is 0.300 e. The van der Waals surface area contributed by atoms with Gasteiger partial charge < -0.3 is 0 Å². The summed E-state index contributed by atoms with van der Waals surface area (Å²) in [6.45, 7) is 0. The fourth-order valence-electron chi connectivity index (χ4n) is 3.05. The van der Waals surface area contributed by atoms with Gasteiger partial charge in [-0.1, -0.05) is 66.4 Å². The second-order valence-corrected chi connectivity index (χ2v) is 7.39. The quantitative estimate of drug-likeness (QED) is 0.501. The van der Waals surface area contributed by atoms with E-state index in [0.29, 0.717) is 11.4 Å². The lowest BCUT2D eigenvalue weighted by molar-refractivity contribution is 0.665. The molecule has 0 spiro atoms. The molecule has 2 heterocycles. The molecule has 0 bridgehead atoms. The van der Waals surface area contributed by atoms with Crippen LogP contribution < -0.4 is 11.2 Å². The van der Waals surface area contributed by atoms with Crippen LogP contribution in [0.3, 0.4) is 0 Å². The summed E-state index contributed by atoms with van der Waals surface area (Å²) in [5.41, 5.74) is 1.85. The van der Waals surface area contributed by atoms with Crippen molar-refractivity contribution in [1.82, 2.24) is 19.3 Å². The van der Waals surface area contributed by atoms with Crippen molar-refractivity contribution in [2.75, 3.05) is 0 Å². The maximum Gasteiger partial charge on any atom is 0.330 e. The zero-order chi connectivity index (χ0) is 19.7. The maximum absolute atomic E-state index is 12.1. The summed E-state index contributed by atoms with van der Waals surface area (Å²) in [4.78, 5) is 24.1. The van der Waals surface area contributed by atoms with Gasteiger partial charge in [-0.2, -0.15) is 0 Å². The van der Waals surface area contributed by atoms with Crippen molar-refractivity contribution in [1.29, 1.82) is 0 Å². The van der Waals surface area contributed by atoms with Gasteiger partial charge in [0.15, 0.2) is 0 Å². The van der Waals surface area contributed by atoms with Crippen molar-refractivity contribution < 1.29 is 0 Å². The minimum atomic E-state index is -0.335. The van der Waals surface area contributed by atoms with E-state index in [1.54, 1.807) is 7.05 Å². The summed E-state index contributed by atoms with van der Waals surface area (Å²) in [6.07, 6.45) is 0. The van der Waals surface area contributed by atoms with Gasteiger partial charge in [-0.15, -0.1) is 10.2 Å². The van der Waals surface area contributed by atoms with Gasteiger partial charge in [-0.3, -0.25) is 13.9 Å². The molecule has 7 heteroatoms. The molecule has 4 aromatic rings. The predicted octanol–water partition coefficient (Wildman–Crippen LogP) is 2.99. The maximum atomic E-state index is 12.1. The summed E-state index contributed by atoms with van der Waals surface area (Å²) in [6, 6.07) is 19.4. The number of hydrogen-bond acceptors (Lipinski definition) is 5. The van der Waals surface area contributed by atoms with Gasteiger partial charge in [0, 0.05) is 47.9 Å². The Morgan fingerprint density at radius 1 is 0.857 bits per heavy atom. The van der Waals surface area contributed by atoms with Crippen molar-refractivity contribution >= 4 is 22.5 Å². The lowest BCUT2D eigenvalue weighted by atomic mass is 10.1. The summed E-state index contributed by atoms with van der Waals surface area (Å²) >= 11 is 1.46. The van der Waals surface area contributed by atoms with Crippen LogP contribution in [0, 0.1) is 0 Å². The highest BCUT2D eigenvalue weighted by Gasteiger charge is 2.13. The van der Waals surface area contributed by atoms with Gasteiger partial charge in [-0.05, 0) is 0 Å². The highest BCUT2D eigenvalue weighted by atomic mass is 32.2. The lowest BCUT2D eigenvalue weighted by Crippen LogP contribution is -2.37. The predicted molar refractivity (Wildman–Crippen MR) is 111 cm³/mol. The van der Waals surface area contributed by atoms with E-state index in [1.807, 2.05) is 54.6 Å². The highest BCUT2D eigenvalue weighted by molar-refractivity contribution is 7.98. The number of fused-ring (bicyclic) bond motifs is 1. The molecule has 4 rings (SSSR count). The molecule has 0 atom stereocenters. The molecule has 140 valence electrons. The topological polar surface area (TPSA) is 69.8 Å². The Balaban J connectivity index is 1.74. The molecule has 28 heavy (non-hydrogen) atoms. The number of rotatable bonds is 4. The molecule has 0 N–H and O–H groups in total. The molecule has 0 aliphatic carbocycles. The zero-order valence-corrected chi connectivity index (χ0v) is 16.3. The number of aromatic nitrogens is 4. The summed E-state index contributed by atoms with van der Waals surface area (Å²) < 4.78 is 2.58. The van der Waals surface area contributed by atoms with Crippen molar-refractivity contribution in [3.05, 3.63) is 87.2 Å². The van der Waals surface area contributed by atoms with Gasteiger partial charge >= 0.3 is 5.69 Å². The third kappa shape index (κ3) is 3.25. The molecule has 6 nitrogen and oxygen atoms in total. The average molecular weight is 390 g/mol. The highest BCUT2D eigenvalue weighted by Crippen LogP contribution is 2.32. The van der Waals surface area contributed by atoms with E-state index in [4.69, 9.17) is 0 Å². The first-order valence-corrected chi connectivity index (χ1v) is 9.74. The normalized spacial score (nSPS) is 11.1. The van der Waals surface area contributed by atoms with Crippen LogP contribution in [0.25, 0.3) is 22.0 Å². The van der Waals surface area contributed by atoms with Gasteiger partial charge in [0.1, 0.15) is 10.7 Å². The van der Waals surface area contributed by atoms with E-state index in [9.17, 15) is 9.59 Å². The fourth-order valence-corrected chi connectivity index (χ4v) is 4.05. The third-order valence-corrected chi connectivity index (χ3v) is 5.70. The first kappa shape index (κ1) is 18.2. The number of hydrogen-bond donors (Lipinski definition) is 0. The van der Waals surface area contributed by atoms with E-state index in [0.717, 1.165) is 31.6 Å². The Kier molecular flexibility index (Phi) is 4.83. The minimum Gasteiger partial charge on any atom is -0.300 e. The molecular weight excluding hydrogens is 372 g/mol. The molecule has 0 radical (unpaired) electrons. The van der Waals surface area contributed by atoms with Crippen LogP contribution >= 0.6 is 11.8 Å². The molecule has 0 aliphatic heterocycles. The molecular formula is C21H18N4O2S. The summed E-state index contributed by atoms with van der Waals surface area (Å²) in [7, 11) is 3.14. The van der Waals surface area contributed by atoms with Crippen molar-refractivity contribution in [3.8, 4) is 11.3 Å². The fraction of sp³-hybridized carbons (Fsp3) is 0.143. The second kappa shape index (κ2) is 7.44. The Morgan fingerprint density at radius 2 is 1.54 bits per heavy atom. The van der Waals surface area contributed by atoms with E-state index >= 15 is 0 Å². The first-order valence-electron chi connectivity index (χ1n) is 8.76. The van der Waals surface area contributed by atoms with Crippen LogP contribution in [-0.4, -0.2) is 19.3 Å². The average Bonchev–Trinajstić information content (AvgIpc) is 2.74. The summed E-state index contributed by atoms with van der Waals surface area (Å²) in [5, 5.41) is 11.7. The SMILES string of the molecule is Cn1c(CSc2nnc(-c3ccccc3)c3ccccc23)cc(=O)n(C)c1=O. The van der Waals surface area contributed by atoms with E-state index < -0.39 is 0 Å². The monoisotopic (exact) mass is 390 g/mol. The van der Waals surface area contributed by atoms with Crippen LogP contribution in [0.2, 0.25) is 0 Å². The lowest BCUT2D eigenvalue weighted by Gasteiger charge is -2.11. The molecule has 2 aromatic heterocycles. The molecule has 0 aliphatic rings. The largest absolute Gasteiger partial charge is 0.330 e. The zero-order valence-electron chi connectivity index (χ0n) is 15.5.